The second kappa shape index (κ2) is 4.72. The fourth-order valence-corrected chi connectivity index (χ4v) is 2.33. The minimum absolute atomic E-state index is 0.288. The molecule has 2 rings (SSSR count). The van der Waals surface area contributed by atoms with Crippen LogP contribution in [0.3, 0.4) is 0 Å². The highest BCUT2D eigenvalue weighted by Crippen LogP contribution is 2.25. The maximum atomic E-state index is 5.58. The van der Waals surface area contributed by atoms with Crippen LogP contribution in [0.15, 0.2) is 16.7 Å². The van der Waals surface area contributed by atoms with E-state index in [4.69, 9.17) is 4.74 Å². The van der Waals surface area contributed by atoms with Crippen LogP contribution in [0.5, 0.6) is 0 Å². The number of nitrogens with zero attached hydrogens (tertiary/aromatic N) is 2. The van der Waals surface area contributed by atoms with E-state index in [-0.39, 0.29) is 6.10 Å². The van der Waals surface area contributed by atoms with Crippen LogP contribution in [0, 0.1) is 6.92 Å². The molecule has 88 valence electrons. The highest BCUT2D eigenvalue weighted by Gasteiger charge is 2.28. The van der Waals surface area contributed by atoms with Crippen molar-refractivity contribution in [2.45, 2.75) is 32.4 Å². The van der Waals surface area contributed by atoms with Gasteiger partial charge >= 0.3 is 0 Å². The van der Waals surface area contributed by atoms with Crippen LogP contribution < -0.4 is 4.90 Å². The van der Waals surface area contributed by atoms with Crippen molar-refractivity contribution in [3.8, 4) is 0 Å². The SMILES string of the molecule is Cc1cc(N(C)C2CCOC2C)ncc1Br. The van der Waals surface area contributed by atoms with Crippen LogP contribution in [0.1, 0.15) is 18.9 Å². The lowest BCUT2D eigenvalue weighted by Crippen LogP contribution is -2.37. The summed E-state index contributed by atoms with van der Waals surface area (Å²) in [5.74, 6) is 1.02. The zero-order chi connectivity index (χ0) is 11.7. The molecule has 1 aromatic heterocycles. The molecule has 1 aliphatic rings. The first-order valence-corrected chi connectivity index (χ1v) is 6.35. The summed E-state index contributed by atoms with van der Waals surface area (Å²) in [4.78, 5) is 6.66. The van der Waals surface area contributed by atoms with E-state index in [1.807, 2.05) is 6.20 Å². The van der Waals surface area contributed by atoms with Gasteiger partial charge < -0.3 is 9.64 Å². The van der Waals surface area contributed by atoms with Crippen LogP contribution >= 0.6 is 15.9 Å². The van der Waals surface area contributed by atoms with Gasteiger partial charge in [0.05, 0.1) is 12.1 Å². The fraction of sp³-hybridized carbons (Fsp3) is 0.583. The maximum absolute atomic E-state index is 5.58. The molecular weight excluding hydrogens is 268 g/mol. The largest absolute Gasteiger partial charge is 0.376 e. The smallest absolute Gasteiger partial charge is 0.128 e. The third kappa shape index (κ3) is 2.23. The van der Waals surface area contributed by atoms with Gasteiger partial charge in [-0.15, -0.1) is 0 Å². The van der Waals surface area contributed by atoms with E-state index in [1.165, 1.54) is 5.56 Å². The van der Waals surface area contributed by atoms with Gasteiger partial charge in [0.2, 0.25) is 0 Å². The van der Waals surface area contributed by atoms with Crippen molar-refractivity contribution in [1.29, 1.82) is 0 Å². The molecule has 1 aromatic rings. The topological polar surface area (TPSA) is 25.4 Å². The third-order valence-corrected chi connectivity index (χ3v) is 4.06. The normalized spacial score (nSPS) is 24.8. The summed E-state index contributed by atoms with van der Waals surface area (Å²) in [5.41, 5.74) is 1.21. The Bertz CT molecular complexity index is 383. The quantitative estimate of drug-likeness (QED) is 0.835. The first-order valence-electron chi connectivity index (χ1n) is 5.56. The van der Waals surface area contributed by atoms with Crippen molar-refractivity contribution in [3.05, 3.63) is 22.3 Å². The van der Waals surface area contributed by atoms with Gasteiger partial charge in [-0.3, -0.25) is 0 Å². The van der Waals surface area contributed by atoms with E-state index in [9.17, 15) is 0 Å². The molecule has 1 fully saturated rings. The molecule has 0 aromatic carbocycles. The Morgan fingerprint density at radius 2 is 2.31 bits per heavy atom. The van der Waals surface area contributed by atoms with Crippen LogP contribution in [-0.4, -0.2) is 30.8 Å². The fourth-order valence-electron chi connectivity index (χ4n) is 2.12. The molecule has 2 atom stereocenters. The molecule has 0 radical (unpaired) electrons. The number of anilines is 1. The molecule has 0 amide bonds. The van der Waals surface area contributed by atoms with Gasteiger partial charge in [0.1, 0.15) is 5.82 Å². The van der Waals surface area contributed by atoms with Crippen molar-refractivity contribution in [2.75, 3.05) is 18.6 Å². The molecule has 1 aliphatic heterocycles. The summed E-state index contributed by atoms with van der Waals surface area (Å²) in [6.07, 6.45) is 3.23. The Hall–Kier alpha value is -0.610. The number of rotatable bonds is 2. The van der Waals surface area contributed by atoms with Crippen molar-refractivity contribution >= 4 is 21.7 Å². The zero-order valence-corrected chi connectivity index (χ0v) is 11.5. The summed E-state index contributed by atoms with van der Waals surface area (Å²) in [6, 6.07) is 2.54. The van der Waals surface area contributed by atoms with Crippen LogP contribution in [0.4, 0.5) is 5.82 Å². The summed E-state index contributed by atoms with van der Waals surface area (Å²) in [6.45, 7) is 5.06. The Kier molecular flexibility index (Phi) is 3.50. The minimum Gasteiger partial charge on any atom is -0.376 e. The second-order valence-corrected chi connectivity index (χ2v) is 5.19. The van der Waals surface area contributed by atoms with Gasteiger partial charge in [-0.05, 0) is 47.8 Å². The second-order valence-electron chi connectivity index (χ2n) is 4.33. The van der Waals surface area contributed by atoms with E-state index in [1.54, 1.807) is 0 Å². The summed E-state index contributed by atoms with van der Waals surface area (Å²) in [7, 11) is 2.09. The highest BCUT2D eigenvalue weighted by atomic mass is 79.9. The van der Waals surface area contributed by atoms with E-state index in [0.717, 1.165) is 23.3 Å². The molecule has 4 heteroatoms. The number of aromatic nitrogens is 1. The van der Waals surface area contributed by atoms with Gasteiger partial charge in [0.15, 0.2) is 0 Å². The zero-order valence-electron chi connectivity index (χ0n) is 9.90. The first-order chi connectivity index (χ1) is 7.59. The summed E-state index contributed by atoms with van der Waals surface area (Å²) in [5, 5.41) is 0. The number of halogens is 1. The molecule has 0 saturated carbocycles. The number of ether oxygens (including phenoxy) is 1. The molecule has 0 spiro atoms. The van der Waals surface area contributed by atoms with Gasteiger partial charge in [-0.25, -0.2) is 4.98 Å². The van der Waals surface area contributed by atoms with Crippen molar-refractivity contribution in [2.24, 2.45) is 0 Å². The Labute approximate surface area is 105 Å². The lowest BCUT2D eigenvalue weighted by Gasteiger charge is -2.28. The third-order valence-electron chi connectivity index (χ3n) is 3.23. The Morgan fingerprint density at radius 3 is 2.88 bits per heavy atom. The van der Waals surface area contributed by atoms with Crippen molar-refractivity contribution in [1.82, 2.24) is 4.98 Å². The molecule has 0 aliphatic carbocycles. The molecule has 1 saturated heterocycles. The van der Waals surface area contributed by atoms with Crippen LogP contribution in [0.2, 0.25) is 0 Å². The van der Waals surface area contributed by atoms with Gasteiger partial charge in [-0.2, -0.15) is 0 Å². The minimum atomic E-state index is 0.288. The monoisotopic (exact) mass is 284 g/mol. The standard InChI is InChI=1S/C12H17BrN2O/c1-8-6-12(14-7-10(8)13)15(3)11-4-5-16-9(11)2/h6-7,9,11H,4-5H2,1-3H3. The Balaban J connectivity index is 2.20. The van der Waals surface area contributed by atoms with Gasteiger partial charge in [0, 0.05) is 24.3 Å². The van der Waals surface area contributed by atoms with E-state index >= 15 is 0 Å². The number of pyridine rings is 1. The van der Waals surface area contributed by atoms with Crippen LogP contribution in [-0.2, 0) is 4.74 Å². The first kappa shape index (κ1) is 11.9. The molecule has 16 heavy (non-hydrogen) atoms. The molecule has 3 nitrogen and oxygen atoms in total. The maximum Gasteiger partial charge on any atom is 0.128 e. The van der Waals surface area contributed by atoms with Gasteiger partial charge in [-0.1, -0.05) is 0 Å². The molecule has 2 unspecified atom stereocenters. The van der Waals surface area contributed by atoms with Crippen molar-refractivity contribution in [3.63, 3.8) is 0 Å². The molecular formula is C12H17BrN2O. The van der Waals surface area contributed by atoms with E-state index < -0.39 is 0 Å². The summed E-state index contributed by atoms with van der Waals surface area (Å²) >= 11 is 3.47. The lowest BCUT2D eigenvalue weighted by atomic mass is 10.1. The van der Waals surface area contributed by atoms with Crippen molar-refractivity contribution < 1.29 is 4.74 Å². The average Bonchev–Trinajstić information content (AvgIpc) is 2.67. The number of hydrogen-bond donors (Lipinski definition) is 0. The number of hydrogen-bond acceptors (Lipinski definition) is 3. The van der Waals surface area contributed by atoms with E-state index in [0.29, 0.717) is 6.04 Å². The number of likely N-dealkylation sites (N-methyl/N-ethyl adjacent to an activating group) is 1. The van der Waals surface area contributed by atoms with Crippen LogP contribution in [0.25, 0.3) is 0 Å². The lowest BCUT2D eigenvalue weighted by molar-refractivity contribution is 0.118. The number of aryl methyl sites for hydroxylation is 1. The molecule has 0 N–H and O–H groups in total. The predicted octanol–water partition coefficient (Wildman–Crippen LogP) is 2.77. The highest BCUT2D eigenvalue weighted by molar-refractivity contribution is 9.10. The predicted molar refractivity (Wildman–Crippen MR) is 68.9 cm³/mol. The van der Waals surface area contributed by atoms with E-state index in [2.05, 4.69) is 52.8 Å². The molecule has 2 heterocycles. The molecule has 0 bridgehead atoms. The Morgan fingerprint density at radius 1 is 1.56 bits per heavy atom. The average molecular weight is 285 g/mol. The van der Waals surface area contributed by atoms with Gasteiger partial charge in [0.25, 0.3) is 0 Å². The summed E-state index contributed by atoms with van der Waals surface area (Å²) < 4.78 is 6.64.